The highest BCUT2D eigenvalue weighted by molar-refractivity contribution is 5.36. The molecule has 1 aromatic carbocycles. The summed E-state index contributed by atoms with van der Waals surface area (Å²) in [5.74, 6) is 0. The average molecular weight is 215 g/mol. The second-order valence-corrected chi connectivity index (χ2v) is 4.05. The summed E-state index contributed by atoms with van der Waals surface area (Å²) in [6.45, 7) is 2.59. The Labute approximate surface area is 86.3 Å². The molecule has 82 valence electrons. The van der Waals surface area contributed by atoms with Crippen molar-refractivity contribution >= 4 is 0 Å². The van der Waals surface area contributed by atoms with Crippen molar-refractivity contribution in [2.24, 2.45) is 0 Å². The summed E-state index contributed by atoms with van der Waals surface area (Å²) in [5.41, 5.74) is -0.685. The van der Waals surface area contributed by atoms with E-state index in [0.29, 0.717) is 5.56 Å². The number of rotatable bonds is 1. The molecule has 0 bridgehead atoms. The van der Waals surface area contributed by atoms with Gasteiger partial charge in [-0.15, -0.1) is 0 Å². The van der Waals surface area contributed by atoms with E-state index in [1.165, 1.54) is 6.07 Å². The van der Waals surface area contributed by atoms with Gasteiger partial charge in [-0.3, -0.25) is 0 Å². The number of benzene rings is 1. The topological polar surface area (TPSA) is 12.0 Å². The second-order valence-electron chi connectivity index (χ2n) is 4.05. The summed E-state index contributed by atoms with van der Waals surface area (Å²) in [4.78, 5) is 0. The van der Waals surface area contributed by atoms with Gasteiger partial charge in [-0.25, -0.2) is 0 Å². The van der Waals surface area contributed by atoms with Gasteiger partial charge in [0.1, 0.15) is 0 Å². The van der Waals surface area contributed by atoms with Gasteiger partial charge in [-0.1, -0.05) is 18.2 Å². The van der Waals surface area contributed by atoms with Crippen molar-refractivity contribution in [3.63, 3.8) is 0 Å². The molecule has 0 amide bonds. The fraction of sp³-hybridized carbons (Fsp3) is 0.455. The third-order valence-corrected chi connectivity index (χ3v) is 2.97. The van der Waals surface area contributed by atoms with Crippen LogP contribution in [0.2, 0.25) is 0 Å². The molecule has 1 unspecified atom stereocenters. The van der Waals surface area contributed by atoms with Crippen LogP contribution in [0.4, 0.5) is 13.2 Å². The van der Waals surface area contributed by atoms with Crippen LogP contribution in [-0.4, -0.2) is 6.54 Å². The number of alkyl halides is 3. The molecule has 2 rings (SSSR count). The van der Waals surface area contributed by atoms with Gasteiger partial charge < -0.3 is 5.32 Å². The highest BCUT2D eigenvalue weighted by Gasteiger charge is 2.41. The van der Waals surface area contributed by atoms with E-state index in [9.17, 15) is 13.2 Å². The first kappa shape index (κ1) is 10.5. The Morgan fingerprint density at radius 1 is 1.27 bits per heavy atom. The lowest BCUT2D eigenvalue weighted by molar-refractivity contribution is -0.139. The summed E-state index contributed by atoms with van der Waals surface area (Å²) in [6, 6.07) is 5.76. The van der Waals surface area contributed by atoms with Crippen molar-refractivity contribution in [2.45, 2.75) is 25.1 Å². The van der Waals surface area contributed by atoms with Gasteiger partial charge in [0.2, 0.25) is 0 Å². The fourth-order valence-corrected chi connectivity index (χ4v) is 1.94. The Balaban J connectivity index is 2.47. The smallest absolute Gasteiger partial charge is 0.307 e. The zero-order valence-electron chi connectivity index (χ0n) is 8.36. The zero-order valence-corrected chi connectivity index (χ0v) is 8.36. The monoisotopic (exact) mass is 215 g/mol. The van der Waals surface area contributed by atoms with Crippen molar-refractivity contribution in [3.8, 4) is 0 Å². The first-order chi connectivity index (χ1) is 6.93. The molecule has 1 heterocycles. The van der Waals surface area contributed by atoms with Crippen LogP contribution in [0.1, 0.15) is 24.5 Å². The van der Waals surface area contributed by atoms with Crippen molar-refractivity contribution in [2.75, 3.05) is 6.54 Å². The molecule has 1 saturated heterocycles. The van der Waals surface area contributed by atoms with E-state index in [1.807, 2.05) is 0 Å². The largest absolute Gasteiger partial charge is 0.416 e. The lowest BCUT2D eigenvalue weighted by Crippen LogP contribution is -2.52. The van der Waals surface area contributed by atoms with Crippen LogP contribution in [0, 0.1) is 0 Å². The minimum absolute atomic E-state index is 0.351. The first-order valence-corrected chi connectivity index (χ1v) is 4.85. The SMILES string of the molecule is CC1(c2ccccc2C(F)(F)F)CCN1. The Morgan fingerprint density at radius 2 is 1.87 bits per heavy atom. The Bertz CT molecular complexity index is 366. The predicted octanol–water partition coefficient (Wildman–Crippen LogP) is 2.91. The molecule has 1 atom stereocenters. The van der Waals surface area contributed by atoms with Crippen LogP contribution in [0.25, 0.3) is 0 Å². The van der Waals surface area contributed by atoms with Gasteiger partial charge in [0, 0.05) is 5.54 Å². The van der Waals surface area contributed by atoms with E-state index in [0.717, 1.165) is 19.0 Å². The van der Waals surface area contributed by atoms with Gasteiger partial charge in [0.25, 0.3) is 0 Å². The molecule has 1 aromatic rings. The standard InChI is InChI=1S/C11H12F3N/c1-10(6-7-15-10)8-4-2-3-5-9(8)11(12,13)14/h2-5,15H,6-7H2,1H3. The van der Waals surface area contributed by atoms with Crippen molar-refractivity contribution < 1.29 is 13.2 Å². The third-order valence-electron chi connectivity index (χ3n) is 2.97. The van der Waals surface area contributed by atoms with Crippen molar-refractivity contribution in [1.82, 2.24) is 5.32 Å². The zero-order chi connectivity index (χ0) is 11.1. The van der Waals surface area contributed by atoms with Crippen LogP contribution < -0.4 is 5.32 Å². The van der Waals surface area contributed by atoms with Gasteiger partial charge in [-0.05, 0) is 31.5 Å². The maximum atomic E-state index is 12.7. The highest BCUT2D eigenvalue weighted by Crippen LogP contribution is 2.40. The molecule has 1 nitrogen and oxygen atoms in total. The molecule has 1 fully saturated rings. The van der Waals surface area contributed by atoms with Gasteiger partial charge in [-0.2, -0.15) is 13.2 Å². The quantitative estimate of drug-likeness (QED) is 0.759. The summed E-state index contributed by atoms with van der Waals surface area (Å²) in [7, 11) is 0. The number of hydrogen-bond acceptors (Lipinski definition) is 1. The van der Waals surface area contributed by atoms with E-state index in [4.69, 9.17) is 0 Å². The summed E-state index contributed by atoms with van der Waals surface area (Å²) < 4.78 is 38.1. The highest BCUT2D eigenvalue weighted by atomic mass is 19.4. The number of hydrogen-bond donors (Lipinski definition) is 1. The molecule has 1 N–H and O–H groups in total. The normalized spacial score (nSPS) is 26.1. The number of nitrogens with one attached hydrogen (secondary N) is 1. The van der Waals surface area contributed by atoms with E-state index in [1.54, 1.807) is 19.1 Å². The lowest BCUT2D eigenvalue weighted by atomic mass is 9.80. The number of halogens is 3. The van der Waals surface area contributed by atoms with Crippen LogP contribution in [-0.2, 0) is 11.7 Å². The van der Waals surface area contributed by atoms with Crippen LogP contribution in [0.15, 0.2) is 24.3 Å². The van der Waals surface area contributed by atoms with Crippen LogP contribution in [0.5, 0.6) is 0 Å². The Morgan fingerprint density at radius 3 is 2.33 bits per heavy atom. The second kappa shape index (κ2) is 3.23. The van der Waals surface area contributed by atoms with Crippen LogP contribution >= 0.6 is 0 Å². The molecule has 1 aliphatic rings. The molecule has 0 aromatic heterocycles. The molecule has 0 spiro atoms. The molecule has 1 aliphatic heterocycles. The van der Waals surface area contributed by atoms with Gasteiger partial charge >= 0.3 is 6.18 Å². The maximum absolute atomic E-state index is 12.7. The molecular weight excluding hydrogens is 203 g/mol. The Kier molecular flexibility index (Phi) is 2.26. The van der Waals surface area contributed by atoms with E-state index >= 15 is 0 Å². The third kappa shape index (κ3) is 1.74. The molecule has 0 radical (unpaired) electrons. The van der Waals surface area contributed by atoms with E-state index in [2.05, 4.69) is 5.32 Å². The fourth-order valence-electron chi connectivity index (χ4n) is 1.94. The minimum Gasteiger partial charge on any atom is -0.307 e. The van der Waals surface area contributed by atoms with E-state index < -0.39 is 17.3 Å². The molecule has 4 heteroatoms. The van der Waals surface area contributed by atoms with E-state index in [-0.39, 0.29) is 0 Å². The summed E-state index contributed by atoms with van der Waals surface area (Å²) >= 11 is 0. The summed E-state index contributed by atoms with van der Waals surface area (Å²) in [5, 5.41) is 3.05. The molecule has 0 aliphatic carbocycles. The average Bonchev–Trinajstić information content (AvgIpc) is 2.13. The van der Waals surface area contributed by atoms with Crippen molar-refractivity contribution in [3.05, 3.63) is 35.4 Å². The lowest BCUT2D eigenvalue weighted by Gasteiger charge is -2.41. The first-order valence-electron chi connectivity index (χ1n) is 4.85. The van der Waals surface area contributed by atoms with Crippen LogP contribution in [0.3, 0.4) is 0 Å². The summed E-state index contributed by atoms with van der Waals surface area (Å²) in [6.07, 6.45) is -3.52. The maximum Gasteiger partial charge on any atom is 0.416 e. The molecule has 15 heavy (non-hydrogen) atoms. The van der Waals surface area contributed by atoms with Gasteiger partial charge in [0.05, 0.1) is 5.56 Å². The minimum atomic E-state index is -4.27. The van der Waals surface area contributed by atoms with Gasteiger partial charge in [0.15, 0.2) is 0 Å². The predicted molar refractivity (Wildman–Crippen MR) is 51.4 cm³/mol. The molecular formula is C11H12F3N. The Hall–Kier alpha value is -1.03. The molecule has 0 saturated carbocycles. The van der Waals surface area contributed by atoms with Crippen molar-refractivity contribution in [1.29, 1.82) is 0 Å².